The Labute approximate surface area is 82.5 Å². The van der Waals surface area contributed by atoms with Crippen LogP contribution >= 0.6 is 0 Å². The fraction of sp³-hybridized carbons (Fsp3) is 1.00. The predicted octanol–water partition coefficient (Wildman–Crippen LogP) is 2.91. The standard InChI is InChI=1S/C12H23N/c1-11(2,3)8-13-9-12(10-13)6-4-5-7-12/h4-10H2,1-3H3. The Morgan fingerprint density at radius 1 is 1.08 bits per heavy atom. The molecule has 0 atom stereocenters. The first-order chi connectivity index (χ1) is 5.99. The van der Waals surface area contributed by atoms with Crippen molar-refractivity contribution in [2.45, 2.75) is 46.5 Å². The molecule has 2 aliphatic rings. The molecule has 1 heteroatoms. The molecule has 0 aromatic rings. The lowest BCUT2D eigenvalue weighted by atomic mass is 9.77. The Morgan fingerprint density at radius 2 is 1.62 bits per heavy atom. The third-order valence-electron chi connectivity index (χ3n) is 3.48. The van der Waals surface area contributed by atoms with Gasteiger partial charge in [0.05, 0.1) is 0 Å². The summed E-state index contributed by atoms with van der Waals surface area (Å²) in [6.07, 6.45) is 5.99. The van der Waals surface area contributed by atoms with Crippen molar-refractivity contribution >= 4 is 0 Å². The number of hydrogen-bond acceptors (Lipinski definition) is 1. The van der Waals surface area contributed by atoms with Crippen molar-refractivity contribution in [3.63, 3.8) is 0 Å². The summed E-state index contributed by atoms with van der Waals surface area (Å²) >= 11 is 0. The van der Waals surface area contributed by atoms with Gasteiger partial charge in [-0.2, -0.15) is 0 Å². The first-order valence-electron chi connectivity index (χ1n) is 5.72. The maximum absolute atomic E-state index is 2.64. The van der Waals surface area contributed by atoms with Gasteiger partial charge in [-0.05, 0) is 23.7 Å². The smallest absolute Gasteiger partial charge is 0.00507 e. The zero-order valence-electron chi connectivity index (χ0n) is 9.40. The molecule has 1 aliphatic carbocycles. The maximum Gasteiger partial charge on any atom is 0.00507 e. The lowest BCUT2D eigenvalue weighted by Crippen LogP contribution is -2.56. The topological polar surface area (TPSA) is 3.24 Å². The number of hydrogen-bond donors (Lipinski definition) is 0. The van der Waals surface area contributed by atoms with Crippen LogP contribution in [0, 0.1) is 10.8 Å². The molecule has 1 aliphatic heterocycles. The zero-order valence-corrected chi connectivity index (χ0v) is 9.40. The van der Waals surface area contributed by atoms with Gasteiger partial charge in [0, 0.05) is 19.6 Å². The zero-order chi connectivity index (χ0) is 9.53. The van der Waals surface area contributed by atoms with Crippen molar-refractivity contribution in [1.29, 1.82) is 0 Å². The average Bonchev–Trinajstić information content (AvgIpc) is 2.30. The summed E-state index contributed by atoms with van der Waals surface area (Å²) in [5.41, 5.74) is 1.27. The van der Waals surface area contributed by atoms with E-state index >= 15 is 0 Å². The summed E-state index contributed by atoms with van der Waals surface area (Å²) in [5, 5.41) is 0. The molecule has 1 spiro atoms. The van der Waals surface area contributed by atoms with Crippen molar-refractivity contribution < 1.29 is 0 Å². The Hall–Kier alpha value is -0.0400. The number of nitrogens with zero attached hydrogens (tertiary/aromatic N) is 1. The molecule has 1 saturated carbocycles. The monoisotopic (exact) mass is 181 g/mol. The Morgan fingerprint density at radius 3 is 2.08 bits per heavy atom. The largest absolute Gasteiger partial charge is 0.302 e. The summed E-state index contributed by atoms with van der Waals surface area (Å²) in [4.78, 5) is 2.64. The third-order valence-corrected chi connectivity index (χ3v) is 3.48. The van der Waals surface area contributed by atoms with Gasteiger partial charge < -0.3 is 4.90 Å². The highest BCUT2D eigenvalue weighted by Crippen LogP contribution is 2.45. The molecule has 76 valence electrons. The van der Waals surface area contributed by atoms with E-state index in [9.17, 15) is 0 Å². The minimum atomic E-state index is 0.486. The van der Waals surface area contributed by atoms with Gasteiger partial charge in [0.1, 0.15) is 0 Å². The van der Waals surface area contributed by atoms with Gasteiger partial charge in [-0.3, -0.25) is 0 Å². The van der Waals surface area contributed by atoms with Gasteiger partial charge in [-0.25, -0.2) is 0 Å². The van der Waals surface area contributed by atoms with E-state index < -0.39 is 0 Å². The average molecular weight is 181 g/mol. The highest BCUT2D eigenvalue weighted by molar-refractivity contribution is 4.98. The second kappa shape index (κ2) is 2.98. The van der Waals surface area contributed by atoms with E-state index in [-0.39, 0.29) is 0 Å². The van der Waals surface area contributed by atoms with Crippen molar-refractivity contribution in [3.8, 4) is 0 Å². The van der Waals surface area contributed by atoms with Crippen LogP contribution in [0.25, 0.3) is 0 Å². The van der Waals surface area contributed by atoms with Crippen molar-refractivity contribution in [2.75, 3.05) is 19.6 Å². The summed E-state index contributed by atoms with van der Waals surface area (Å²) < 4.78 is 0. The molecule has 13 heavy (non-hydrogen) atoms. The Balaban J connectivity index is 1.78. The minimum Gasteiger partial charge on any atom is -0.302 e. The van der Waals surface area contributed by atoms with Crippen molar-refractivity contribution in [3.05, 3.63) is 0 Å². The van der Waals surface area contributed by atoms with Gasteiger partial charge in [-0.15, -0.1) is 0 Å². The first-order valence-corrected chi connectivity index (χ1v) is 5.72. The summed E-state index contributed by atoms with van der Waals surface area (Å²) in [5.74, 6) is 0. The molecule has 1 heterocycles. The van der Waals surface area contributed by atoms with Crippen LogP contribution in [-0.2, 0) is 0 Å². The van der Waals surface area contributed by atoms with E-state index in [0.717, 1.165) is 5.41 Å². The lowest BCUT2D eigenvalue weighted by Gasteiger charge is -2.50. The van der Waals surface area contributed by atoms with Gasteiger partial charge in [-0.1, -0.05) is 33.6 Å². The normalized spacial score (nSPS) is 27.9. The fourth-order valence-corrected chi connectivity index (χ4v) is 3.13. The molecule has 2 rings (SSSR count). The van der Waals surface area contributed by atoms with Crippen molar-refractivity contribution in [2.24, 2.45) is 10.8 Å². The van der Waals surface area contributed by atoms with Gasteiger partial charge >= 0.3 is 0 Å². The molecule has 0 aromatic heterocycles. The van der Waals surface area contributed by atoms with Gasteiger partial charge in [0.15, 0.2) is 0 Å². The van der Waals surface area contributed by atoms with E-state index in [4.69, 9.17) is 0 Å². The molecule has 0 unspecified atom stereocenters. The summed E-state index contributed by atoms with van der Waals surface area (Å²) in [6, 6.07) is 0. The Bertz CT molecular complexity index is 176. The van der Waals surface area contributed by atoms with Gasteiger partial charge in [0.25, 0.3) is 0 Å². The molecule has 0 N–H and O–H groups in total. The van der Waals surface area contributed by atoms with E-state index in [0.29, 0.717) is 5.41 Å². The van der Waals surface area contributed by atoms with Crippen LogP contribution in [0.4, 0.5) is 0 Å². The summed E-state index contributed by atoms with van der Waals surface area (Å²) in [7, 11) is 0. The molecular weight excluding hydrogens is 158 g/mol. The minimum absolute atomic E-state index is 0.486. The highest BCUT2D eigenvalue weighted by Gasteiger charge is 2.44. The summed E-state index contributed by atoms with van der Waals surface area (Å²) in [6.45, 7) is 11.1. The van der Waals surface area contributed by atoms with Gasteiger partial charge in [0.2, 0.25) is 0 Å². The van der Waals surface area contributed by atoms with E-state index in [1.807, 2.05) is 0 Å². The van der Waals surface area contributed by atoms with Crippen LogP contribution in [0.1, 0.15) is 46.5 Å². The predicted molar refractivity (Wildman–Crippen MR) is 56.8 cm³/mol. The molecule has 0 radical (unpaired) electrons. The fourth-order valence-electron chi connectivity index (χ4n) is 3.13. The molecular formula is C12H23N. The second-order valence-corrected chi connectivity index (χ2v) is 6.41. The SMILES string of the molecule is CC(C)(C)CN1CC2(CCCC2)C1. The second-order valence-electron chi connectivity index (χ2n) is 6.41. The van der Waals surface area contributed by atoms with Crippen LogP contribution in [0.3, 0.4) is 0 Å². The van der Waals surface area contributed by atoms with Crippen LogP contribution in [-0.4, -0.2) is 24.5 Å². The molecule has 0 amide bonds. The molecule has 2 fully saturated rings. The van der Waals surface area contributed by atoms with Crippen molar-refractivity contribution in [1.82, 2.24) is 4.90 Å². The quantitative estimate of drug-likeness (QED) is 0.601. The Kier molecular flexibility index (Phi) is 2.18. The van der Waals surface area contributed by atoms with Crippen LogP contribution in [0.15, 0.2) is 0 Å². The lowest BCUT2D eigenvalue weighted by molar-refractivity contribution is -0.0148. The van der Waals surface area contributed by atoms with E-state index in [2.05, 4.69) is 25.7 Å². The molecule has 0 bridgehead atoms. The van der Waals surface area contributed by atoms with E-state index in [1.165, 1.54) is 45.3 Å². The van der Waals surface area contributed by atoms with Crippen LogP contribution in [0.5, 0.6) is 0 Å². The van der Waals surface area contributed by atoms with E-state index in [1.54, 1.807) is 0 Å². The molecule has 1 nitrogen and oxygen atoms in total. The van der Waals surface area contributed by atoms with Crippen LogP contribution in [0.2, 0.25) is 0 Å². The molecule has 1 saturated heterocycles. The van der Waals surface area contributed by atoms with Crippen LogP contribution < -0.4 is 0 Å². The third kappa shape index (κ3) is 2.07. The molecule has 0 aromatic carbocycles. The maximum atomic E-state index is 2.64. The number of likely N-dealkylation sites (tertiary alicyclic amines) is 1. The number of rotatable bonds is 1. The first kappa shape index (κ1) is 9.51. The highest BCUT2D eigenvalue weighted by atomic mass is 15.2.